The van der Waals surface area contributed by atoms with Gasteiger partial charge in [-0.2, -0.15) is 4.31 Å². The molecule has 0 aliphatic carbocycles. The highest BCUT2D eigenvalue weighted by atomic mass is 35.5. The van der Waals surface area contributed by atoms with Crippen LogP contribution in [0, 0.1) is 5.82 Å². The van der Waals surface area contributed by atoms with Crippen molar-refractivity contribution in [2.24, 2.45) is 0 Å². The van der Waals surface area contributed by atoms with Gasteiger partial charge in [-0.15, -0.1) is 11.3 Å². The fourth-order valence-electron chi connectivity index (χ4n) is 3.24. The van der Waals surface area contributed by atoms with Gasteiger partial charge in [-0.25, -0.2) is 12.8 Å². The van der Waals surface area contributed by atoms with E-state index in [1.165, 1.54) is 22.5 Å². The zero-order chi connectivity index (χ0) is 20.6. The van der Waals surface area contributed by atoms with Crippen LogP contribution in [0.15, 0.2) is 58.8 Å². The molecule has 0 unspecified atom stereocenters. The van der Waals surface area contributed by atoms with Crippen LogP contribution in [0.3, 0.4) is 0 Å². The first-order valence-electron chi connectivity index (χ1n) is 8.77. The highest BCUT2D eigenvalue weighted by molar-refractivity contribution is 7.89. The number of hydrogen-bond acceptors (Lipinski definition) is 4. The molecule has 1 aromatic heterocycles. The zero-order valence-corrected chi connectivity index (χ0v) is 17.5. The van der Waals surface area contributed by atoms with Crippen molar-refractivity contribution >= 4 is 44.6 Å². The van der Waals surface area contributed by atoms with Gasteiger partial charge in [0.15, 0.2) is 0 Å². The van der Waals surface area contributed by atoms with Crippen molar-refractivity contribution in [3.8, 4) is 0 Å². The second-order valence-electron chi connectivity index (χ2n) is 6.55. The molecule has 1 N–H and O–H groups in total. The van der Waals surface area contributed by atoms with Gasteiger partial charge in [-0.05, 0) is 47.2 Å². The Morgan fingerprint density at radius 3 is 2.66 bits per heavy atom. The molecule has 2 heterocycles. The smallest absolute Gasteiger partial charge is 0.267 e. The van der Waals surface area contributed by atoms with Crippen LogP contribution in [-0.2, 0) is 23.0 Å². The molecule has 9 heteroatoms. The number of amides is 1. The molecule has 2 aromatic carbocycles. The minimum atomic E-state index is -3.86. The van der Waals surface area contributed by atoms with Crippen LogP contribution in [0.25, 0.3) is 0 Å². The third kappa shape index (κ3) is 3.93. The molecule has 0 atom stereocenters. The molecular formula is C20H16ClFN2O3S2. The van der Waals surface area contributed by atoms with Gasteiger partial charge >= 0.3 is 0 Å². The number of halogens is 2. The third-order valence-electron chi connectivity index (χ3n) is 4.73. The van der Waals surface area contributed by atoms with Crippen LogP contribution in [0.5, 0.6) is 0 Å². The van der Waals surface area contributed by atoms with Gasteiger partial charge in [0.25, 0.3) is 5.91 Å². The second kappa shape index (κ2) is 7.87. The summed E-state index contributed by atoms with van der Waals surface area (Å²) < 4.78 is 41.4. The van der Waals surface area contributed by atoms with Crippen LogP contribution >= 0.6 is 22.9 Å². The Morgan fingerprint density at radius 1 is 1.14 bits per heavy atom. The van der Waals surface area contributed by atoms with Gasteiger partial charge in [0, 0.05) is 18.8 Å². The summed E-state index contributed by atoms with van der Waals surface area (Å²) >= 11 is 6.68. The minimum Gasteiger partial charge on any atom is -0.321 e. The number of nitrogens with one attached hydrogen (secondary N) is 1. The van der Waals surface area contributed by atoms with Gasteiger partial charge in [0.05, 0.1) is 5.02 Å². The zero-order valence-electron chi connectivity index (χ0n) is 15.1. The Balaban J connectivity index is 1.59. The van der Waals surface area contributed by atoms with E-state index in [1.807, 2.05) is 24.3 Å². The van der Waals surface area contributed by atoms with E-state index in [9.17, 15) is 17.6 Å². The lowest BCUT2D eigenvalue weighted by Gasteiger charge is -2.28. The number of benzene rings is 2. The van der Waals surface area contributed by atoms with Gasteiger partial charge in [0.2, 0.25) is 10.0 Å². The molecule has 1 amide bonds. The Morgan fingerprint density at radius 2 is 1.90 bits per heavy atom. The first-order chi connectivity index (χ1) is 13.9. The summed E-state index contributed by atoms with van der Waals surface area (Å²) in [5, 5.41) is 4.03. The molecule has 0 radical (unpaired) electrons. The van der Waals surface area contributed by atoms with Crippen molar-refractivity contribution in [2.75, 3.05) is 11.9 Å². The SMILES string of the molecule is O=C(Nc1ccc(Cl)c(F)c1)c1sccc1S(=O)(=O)N1CCc2ccccc2C1. The number of nitrogens with zero attached hydrogens (tertiary/aromatic N) is 1. The predicted molar refractivity (Wildman–Crippen MR) is 111 cm³/mol. The van der Waals surface area contributed by atoms with Crippen LogP contribution < -0.4 is 5.32 Å². The van der Waals surface area contributed by atoms with E-state index < -0.39 is 21.7 Å². The highest BCUT2D eigenvalue weighted by Gasteiger charge is 2.32. The molecule has 5 nitrogen and oxygen atoms in total. The summed E-state index contributed by atoms with van der Waals surface area (Å²) in [4.78, 5) is 12.7. The second-order valence-corrected chi connectivity index (χ2v) is 9.78. The fraction of sp³-hybridized carbons (Fsp3) is 0.150. The number of hydrogen-bond donors (Lipinski definition) is 1. The monoisotopic (exact) mass is 450 g/mol. The van der Waals surface area contributed by atoms with Crippen LogP contribution in [-0.4, -0.2) is 25.2 Å². The van der Waals surface area contributed by atoms with Gasteiger partial charge in [-0.1, -0.05) is 35.9 Å². The average Bonchev–Trinajstić information content (AvgIpc) is 3.21. The molecule has 0 saturated carbocycles. The summed E-state index contributed by atoms with van der Waals surface area (Å²) in [7, 11) is -3.86. The minimum absolute atomic E-state index is 0.0474. The Labute approximate surface area is 176 Å². The summed E-state index contributed by atoms with van der Waals surface area (Å²) in [5.74, 6) is -1.28. The van der Waals surface area contributed by atoms with Crippen molar-refractivity contribution in [3.63, 3.8) is 0 Å². The van der Waals surface area contributed by atoms with Crippen molar-refractivity contribution in [1.82, 2.24) is 4.31 Å². The van der Waals surface area contributed by atoms with E-state index in [4.69, 9.17) is 11.6 Å². The number of rotatable bonds is 4. The maximum Gasteiger partial charge on any atom is 0.267 e. The molecule has 3 aromatic rings. The number of fused-ring (bicyclic) bond motifs is 1. The molecule has 1 aliphatic rings. The highest BCUT2D eigenvalue weighted by Crippen LogP contribution is 2.30. The number of carbonyl (C=O) groups is 1. The first kappa shape index (κ1) is 20.0. The van der Waals surface area contributed by atoms with Crippen LogP contribution in [0.1, 0.15) is 20.8 Å². The molecule has 1 aliphatic heterocycles. The maximum atomic E-state index is 13.6. The topological polar surface area (TPSA) is 66.5 Å². The van der Waals surface area contributed by atoms with Crippen molar-refractivity contribution < 1.29 is 17.6 Å². The standard InChI is InChI=1S/C20H16ClFN2O3S2/c21-16-6-5-15(11-17(16)22)23-20(25)19-18(8-10-28-19)29(26,27)24-9-7-13-3-1-2-4-14(13)12-24/h1-6,8,10-11H,7,9,12H2,(H,23,25). The largest absolute Gasteiger partial charge is 0.321 e. The molecule has 4 rings (SSSR count). The Hall–Kier alpha value is -2.26. The van der Waals surface area contributed by atoms with E-state index in [2.05, 4.69) is 5.32 Å². The number of anilines is 1. The van der Waals surface area contributed by atoms with E-state index in [0.717, 1.165) is 28.5 Å². The van der Waals surface area contributed by atoms with Crippen molar-refractivity contribution in [1.29, 1.82) is 0 Å². The van der Waals surface area contributed by atoms with Crippen LogP contribution in [0.4, 0.5) is 10.1 Å². The van der Waals surface area contributed by atoms with Crippen molar-refractivity contribution in [2.45, 2.75) is 17.9 Å². The van der Waals surface area contributed by atoms with Crippen LogP contribution in [0.2, 0.25) is 5.02 Å². The predicted octanol–water partition coefficient (Wildman–Crippen LogP) is 4.54. The maximum absolute atomic E-state index is 13.6. The number of carbonyl (C=O) groups excluding carboxylic acids is 1. The molecule has 0 fully saturated rings. The lowest BCUT2D eigenvalue weighted by Crippen LogP contribution is -2.36. The van der Waals surface area contributed by atoms with Gasteiger partial charge < -0.3 is 5.32 Å². The summed E-state index contributed by atoms with van der Waals surface area (Å²) in [6.07, 6.45) is 0.616. The summed E-state index contributed by atoms with van der Waals surface area (Å²) in [6, 6.07) is 13.0. The number of thiophene rings is 1. The quantitative estimate of drug-likeness (QED) is 0.634. The third-order valence-corrected chi connectivity index (χ3v) is 7.96. The lowest BCUT2D eigenvalue weighted by atomic mass is 10.0. The molecule has 150 valence electrons. The Bertz CT molecular complexity index is 1190. The molecule has 29 heavy (non-hydrogen) atoms. The fourth-order valence-corrected chi connectivity index (χ4v) is 6.07. The van der Waals surface area contributed by atoms with E-state index in [-0.39, 0.29) is 27.0 Å². The average molecular weight is 451 g/mol. The molecule has 0 spiro atoms. The van der Waals surface area contributed by atoms with E-state index in [0.29, 0.717) is 13.0 Å². The summed E-state index contributed by atoms with van der Waals surface area (Å²) in [5.41, 5.74) is 2.28. The van der Waals surface area contributed by atoms with E-state index in [1.54, 1.807) is 5.38 Å². The lowest BCUT2D eigenvalue weighted by molar-refractivity contribution is 0.102. The number of sulfonamides is 1. The first-order valence-corrected chi connectivity index (χ1v) is 11.5. The van der Waals surface area contributed by atoms with Gasteiger partial charge in [0.1, 0.15) is 15.6 Å². The molecular weight excluding hydrogens is 435 g/mol. The Kier molecular flexibility index (Phi) is 5.44. The summed E-state index contributed by atoms with van der Waals surface area (Å²) in [6.45, 7) is 0.608. The van der Waals surface area contributed by atoms with Gasteiger partial charge in [-0.3, -0.25) is 4.79 Å². The molecule has 0 bridgehead atoms. The van der Waals surface area contributed by atoms with Crippen molar-refractivity contribution in [3.05, 3.63) is 80.8 Å². The molecule has 0 saturated heterocycles. The normalized spacial score (nSPS) is 14.4. The van der Waals surface area contributed by atoms with E-state index >= 15 is 0 Å².